The maximum absolute atomic E-state index is 12.1. The molecule has 0 saturated carbocycles. The smallest absolute Gasteiger partial charge is 0.254 e. The molecule has 0 spiro atoms. The Hall–Kier alpha value is -2.72. The number of rotatable bonds is 4. The van der Waals surface area contributed by atoms with Gasteiger partial charge in [0.15, 0.2) is 5.82 Å². The average molecular weight is 324 g/mol. The second-order valence-corrected chi connectivity index (χ2v) is 5.41. The highest BCUT2D eigenvalue weighted by Crippen LogP contribution is 2.17. The zero-order valence-corrected chi connectivity index (χ0v) is 13.0. The van der Waals surface area contributed by atoms with Crippen molar-refractivity contribution in [2.75, 3.05) is 0 Å². The zero-order valence-electron chi connectivity index (χ0n) is 12.2. The summed E-state index contributed by atoms with van der Waals surface area (Å²) >= 11 is 5.86. The van der Waals surface area contributed by atoms with Crippen molar-refractivity contribution in [3.05, 3.63) is 83.1 Å². The average Bonchev–Trinajstić information content (AvgIpc) is 2.61. The largest absolute Gasteiger partial charge is 0.348 e. The van der Waals surface area contributed by atoms with Crippen molar-refractivity contribution in [2.24, 2.45) is 0 Å². The van der Waals surface area contributed by atoms with E-state index in [1.807, 2.05) is 42.5 Å². The first-order chi connectivity index (χ1) is 11.2. The van der Waals surface area contributed by atoms with Crippen LogP contribution in [0.25, 0.3) is 11.4 Å². The molecule has 0 aliphatic carbocycles. The van der Waals surface area contributed by atoms with Crippen LogP contribution in [0, 0.1) is 0 Å². The third-order valence-electron chi connectivity index (χ3n) is 3.31. The second-order valence-electron chi connectivity index (χ2n) is 4.97. The molecule has 1 N–H and O–H groups in total. The fourth-order valence-corrected chi connectivity index (χ4v) is 2.20. The number of carbonyl (C=O) groups excluding carboxylic acids is 1. The first-order valence-electron chi connectivity index (χ1n) is 7.12. The van der Waals surface area contributed by atoms with Gasteiger partial charge >= 0.3 is 0 Å². The van der Waals surface area contributed by atoms with Gasteiger partial charge in [-0.25, -0.2) is 9.97 Å². The van der Waals surface area contributed by atoms with Gasteiger partial charge < -0.3 is 5.32 Å². The Labute approximate surface area is 139 Å². The molecule has 23 heavy (non-hydrogen) atoms. The molecule has 1 aromatic heterocycles. The number of nitrogens with zero attached hydrogens (tertiary/aromatic N) is 2. The third-order valence-corrected chi connectivity index (χ3v) is 3.56. The zero-order chi connectivity index (χ0) is 16.1. The fourth-order valence-electron chi connectivity index (χ4n) is 2.07. The van der Waals surface area contributed by atoms with Crippen molar-refractivity contribution >= 4 is 17.5 Å². The number of halogens is 1. The molecule has 2 aromatic carbocycles. The molecule has 0 radical (unpaired) electrons. The summed E-state index contributed by atoms with van der Waals surface area (Å²) in [7, 11) is 0. The van der Waals surface area contributed by atoms with Gasteiger partial charge in [-0.15, -0.1) is 0 Å². The van der Waals surface area contributed by atoms with E-state index < -0.39 is 0 Å². The minimum absolute atomic E-state index is 0.198. The number of benzene rings is 2. The molecule has 1 amide bonds. The lowest BCUT2D eigenvalue weighted by atomic mass is 10.2. The van der Waals surface area contributed by atoms with Gasteiger partial charge in [-0.3, -0.25) is 4.79 Å². The Balaban J connectivity index is 1.67. The summed E-state index contributed by atoms with van der Waals surface area (Å²) in [5, 5.41) is 3.50. The first kappa shape index (κ1) is 15.2. The van der Waals surface area contributed by atoms with E-state index in [4.69, 9.17) is 11.6 Å². The molecule has 0 aliphatic heterocycles. The molecule has 5 heteroatoms. The van der Waals surface area contributed by atoms with Gasteiger partial charge in [-0.1, -0.05) is 41.9 Å². The SMILES string of the molecule is O=C(NCc1ccccc1)c1cnc(-c2ccc(Cl)cc2)nc1. The van der Waals surface area contributed by atoms with E-state index in [9.17, 15) is 4.79 Å². The molecular weight excluding hydrogens is 310 g/mol. The quantitative estimate of drug-likeness (QED) is 0.796. The number of aromatic nitrogens is 2. The monoisotopic (exact) mass is 323 g/mol. The molecule has 3 aromatic rings. The Morgan fingerprint density at radius 2 is 1.61 bits per heavy atom. The van der Waals surface area contributed by atoms with Crippen LogP contribution in [0.5, 0.6) is 0 Å². The highest BCUT2D eigenvalue weighted by molar-refractivity contribution is 6.30. The predicted octanol–water partition coefficient (Wildman–Crippen LogP) is 3.73. The fraction of sp³-hybridized carbons (Fsp3) is 0.0556. The Kier molecular flexibility index (Phi) is 4.64. The van der Waals surface area contributed by atoms with Crippen LogP contribution in [0.1, 0.15) is 15.9 Å². The molecule has 4 nitrogen and oxygen atoms in total. The summed E-state index contributed by atoms with van der Waals surface area (Å²) in [4.78, 5) is 20.6. The number of nitrogens with one attached hydrogen (secondary N) is 1. The topological polar surface area (TPSA) is 54.9 Å². The van der Waals surface area contributed by atoms with E-state index in [-0.39, 0.29) is 5.91 Å². The maximum Gasteiger partial charge on any atom is 0.254 e. The van der Waals surface area contributed by atoms with Crippen LogP contribution in [0.15, 0.2) is 67.0 Å². The van der Waals surface area contributed by atoms with Crippen LogP contribution in [0.3, 0.4) is 0 Å². The standard InChI is InChI=1S/C18H14ClN3O/c19-16-8-6-14(7-9-16)17-20-11-15(12-21-17)18(23)22-10-13-4-2-1-3-5-13/h1-9,11-12H,10H2,(H,22,23). The lowest BCUT2D eigenvalue weighted by molar-refractivity contribution is 0.0950. The minimum Gasteiger partial charge on any atom is -0.348 e. The van der Waals surface area contributed by atoms with Crippen LogP contribution in [0.4, 0.5) is 0 Å². The Bertz CT molecular complexity index is 787. The maximum atomic E-state index is 12.1. The molecular formula is C18H14ClN3O. The molecule has 0 unspecified atom stereocenters. The Morgan fingerprint density at radius 3 is 2.26 bits per heavy atom. The molecule has 114 valence electrons. The van der Waals surface area contributed by atoms with Crippen molar-refractivity contribution in [2.45, 2.75) is 6.54 Å². The van der Waals surface area contributed by atoms with Gasteiger partial charge in [0.05, 0.1) is 5.56 Å². The molecule has 0 aliphatic rings. The van der Waals surface area contributed by atoms with Gasteiger partial charge in [0.2, 0.25) is 0 Å². The van der Waals surface area contributed by atoms with Gasteiger partial charge in [0.1, 0.15) is 0 Å². The van der Waals surface area contributed by atoms with Crippen molar-refractivity contribution in [1.29, 1.82) is 0 Å². The van der Waals surface area contributed by atoms with Gasteiger partial charge in [-0.2, -0.15) is 0 Å². The van der Waals surface area contributed by atoms with Crippen LogP contribution in [-0.2, 0) is 6.54 Å². The highest BCUT2D eigenvalue weighted by atomic mass is 35.5. The van der Waals surface area contributed by atoms with E-state index in [1.54, 1.807) is 12.1 Å². The molecule has 0 saturated heterocycles. The van der Waals surface area contributed by atoms with Crippen molar-refractivity contribution in [3.8, 4) is 11.4 Å². The number of amides is 1. The van der Waals surface area contributed by atoms with Crippen molar-refractivity contribution < 1.29 is 4.79 Å². The summed E-state index contributed by atoms with van der Waals surface area (Å²) in [6.07, 6.45) is 3.05. The predicted molar refractivity (Wildman–Crippen MR) is 90.1 cm³/mol. The van der Waals surface area contributed by atoms with E-state index in [0.29, 0.717) is 23.0 Å². The number of hydrogen-bond acceptors (Lipinski definition) is 3. The first-order valence-corrected chi connectivity index (χ1v) is 7.50. The molecule has 3 rings (SSSR count). The van der Waals surface area contributed by atoms with Gasteiger partial charge in [0.25, 0.3) is 5.91 Å². The van der Waals surface area contributed by atoms with Crippen LogP contribution < -0.4 is 5.32 Å². The second kappa shape index (κ2) is 7.03. The van der Waals surface area contributed by atoms with E-state index in [2.05, 4.69) is 15.3 Å². The van der Waals surface area contributed by atoms with E-state index in [1.165, 1.54) is 12.4 Å². The molecule has 0 atom stereocenters. The van der Waals surface area contributed by atoms with E-state index >= 15 is 0 Å². The summed E-state index contributed by atoms with van der Waals surface area (Å²) in [5.41, 5.74) is 2.32. The lowest BCUT2D eigenvalue weighted by Gasteiger charge is -2.06. The minimum atomic E-state index is -0.198. The molecule has 0 fully saturated rings. The normalized spacial score (nSPS) is 10.3. The van der Waals surface area contributed by atoms with Crippen molar-refractivity contribution in [1.82, 2.24) is 15.3 Å². The van der Waals surface area contributed by atoms with Gasteiger partial charge in [0, 0.05) is 29.5 Å². The van der Waals surface area contributed by atoms with E-state index in [0.717, 1.165) is 11.1 Å². The highest BCUT2D eigenvalue weighted by Gasteiger charge is 2.08. The van der Waals surface area contributed by atoms with Crippen LogP contribution in [0.2, 0.25) is 5.02 Å². The van der Waals surface area contributed by atoms with Crippen LogP contribution >= 0.6 is 11.6 Å². The van der Waals surface area contributed by atoms with Crippen LogP contribution in [-0.4, -0.2) is 15.9 Å². The summed E-state index contributed by atoms with van der Waals surface area (Å²) in [5.74, 6) is 0.359. The third kappa shape index (κ3) is 3.93. The summed E-state index contributed by atoms with van der Waals surface area (Å²) in [6, 6.07) is 17.0. The van der Waals surface area contributed by atoms with Gasteiger partial charge in [-0.05, 0) is 29.8 Å². The molecule has 0 bridgehead atoms. The lowest BCUT2D eigenvalue weighted by Crippen LogP contribution is -2.23. The van der Waals surface area contributed by atoms with Crippen molar-refractivity contribution in [3.63, 3.8) is 0 Å². The Morgan fingerprint density at radius 1 is 0.957 bits per heavy atom. The number of hydrogen-bond donors (Lipinski definition) is 1. The number of carbonyl (C=O) groups is 1. The summed E-state index contributed by atoms with van der Waals surface area (Å²) < 4.78 is 0. The molecule has 1 heterocycles. The summed E-state index contributed by atoms with van der Waals surface area (Å²) in [6.45, 7) is 0.471.